The highest BCUT2D eigenvalue weighted by molar-refractivity contribution is 5.91. The summed E-state index contributed by atoms with van der Waals surface area (Å²) in [6, 6.07) is 8.45. The van der Waals surface area contributed by atoms with Gasteiger partial charge in [0.1, 0.15) is 5.69 Å². The molecule has 5 rings (SSSR count). The van der Waals surface area contributed by atoms with Crippen molar-refractivity contribution in [2.24, 2.45) is 4.99 Å². The van der Waals surface area contributed by atoms with Crippen LogP contribution in [0.25, 0.3) is 0 Å². The highest BCUT2D eigenvalue weighted by atomic mass is 16.5. The average molecular weight is 545 g/mol. The zero-order valence-electron chi connectivity index (χ0n) is 23.2. The Labute approximate surface area is 234 Å². The number of fused-ring (bicyclic) bond motifs is 1. The molecule has 3 aliphatic rings. The molecular formula is C30H36N6O4. The summed E-state index contributed by atoms with van der Waals surface area (Å²) in [4.78, 5) is 53.8. The van der Waals surface area contributed by atoms with E-state index in [2.05, 4.69) is 44.5 Å². The zero-order chi connectivity index (χ0) is 28.4. The van der Waals surface area contributed by atoms with Gasteiger partial charge in [0.15, 0.2) is 17.3 Å². The third-order valence-corrected chi connectivity index (χ3v) is 8.93. The molecule has 2 unspecified atom stereocenters. The van der Waals surface area contributed by atoms with Crippen LogP contribution in [0, 0.1) is 11.3 Å². The first kappa shape index (κ1) is 27.9. The third-order valence-electron chi connectivity index (χ3n) is 8.93. The molecular weight excluding hydrogens is 508 g/mol. The number of ketones is 1. The van der Waals surface area contributed by atoms with E-state index in [4.69, 9.17) is 4.74 Å². The molecule has 40 heavy (non-hydrogen) atoms. The molecule has 0 saturated carbocycles. The number of Topliss-reactive ketones (excluding diaryl/α,β-unsaturated/α-hetero) is 1. The van der Waals surface area contributed by atoms with Gasteiger partial charge in [0.25, 0.3) is 5.56 Å². The van der Waals surface area contributed by atoms with E-state index >= 15 is 0 Å². The van der Waals surface area contributed by atoms with Gasteiger partial charge in [0, 0.05) is 37.5 Å². The van der Waals surface area contributed by atoms with Crippen molar-refractivity contribution in [3.05, 3.63) is 56.6 Å². The summed E-state index contributed by atoms with van der Waals surface area (Å²) in [7, 11) is 1.24. The highest BCUT2D eigenvalue weighted by Crippen LogP contribution is 2.38. The number of aromatic nitrogens is 2. The van der Waals surface area contributed by atoms with Crippen LogP contribution in [0.3, 0.4) is 0 Å². The van der Waals surface area contributed by atoms with Gasteiger partial charge < -0.3 is 9.72 Å². The summed E-state index contributed by atoms with van der Waals surface area (Å²) in [5, 5.41) is 9.28. The quantitative estimate of drug-likeness (QED) is 0.432. The van der Waals surface area contributed by atoms with E-state index in [9.17, 15) is 19.6 Å². The Morgan fingerprint density at radius 2 is 2.00 bits per heavy atom. The number of methoxy groups -OCH3 is 1. The average Bonchev–Trinajstić information content (AvgIpc) is 3.00. The molecule has 0 radical (unpaired) electrons. The van der Waals surface area contributed by atoms with Crippen LogP contribution < -0.4 is 5.56 Å². The van der Waals surface area contributed by atoms with Crippen molar-refractivity contribution in [3.63, 3.8) is 0 Å². The number of aromatic amines is 1. The van der Waals surface area contributed by atoms with Crippen molar-refractivity contribution >= 4 is 24.3 Å². The lowest BCUT2D eigenvalue weighted by Gasteiger charge is -2.47. The molecule has 2 fully saturated rings. The van der Waals surface area contributed by atoms with Crippen LogP contribution in [0.4, 0.5) is 5.82 Å². The Bertz CT molecular complexity index is 1400. The van der Waals surface area contributed by atoms with Crippen molar-refractivity contribution < 1.29 is 14.3 Å². The van der Waals surface area contributed by atoms with Gasteiger partial charge in [-0.05, 0) is 75.0 Å². The number of hydrogen-bond donors (Lipinski definition) is 1. The maximum atomic E-state index is 13.0. The molecule has 0 amide bonds. The molecule has 3 heterocycles. The molecule has 2 saturated heterocycles. The van der Waals surface area contributed by atoms with E-state index in [1.807, 2.05) is 18.2 Å². The van der Waals surface area contributed by atoms with E-state index in [-0.39, 0.29) is 34.8 Å². The molecule has 3 atom stereocenters. The fourth-order valence-corrected chi connectivity index (χ4v) is 6.89. The Kier molecular flexibility index (Phi) is 8.24. The summed E-state index contributed by atoms with van der Waals surface area (Å²) >= 11 is 0. The van der Waals surface area contributed by atoms with Gasteiger partial charge in [-0.3, -0.25) is 19.4 Å². The normalized spacial score (nSPS) is 24.2. The lowest BCUT2D eigenvalue weighted by molar-refractivity contribution is -0.126. The number of aryl methyl sites for hydroxylation is 1. The van der Waals surface area contributed by atoms with Gasteiger partial charge >= 0.3 is 5.97 Å². The number of hydrogen-bond acceptors (Lipinski definition) is 9. The number of likely N-dealkylation sites (tertiary alicyclic amines) is 2. The minimum Gasteiger partial charge on any atom is -0.464 e. The zero-order valence-corrected chi connectivity index (χ0v) is 23.2. The standard InChI is InChI=1S/C30H36N6O4/c1-4-21-16-20(25-29(38)34-26(30(39)40-3)28(32-2)33-25)9-14-36(21)22-10-12-35(13-11-22)27-23-7-5-18(17-31)15-19(23)6-8-24(27)37/h5,7,15,20-22,27H,2,4,6,8-14,16H2,1,3H3,(H,34,38)/t20?,21-,27?/m0/s1. The SMILES string of the molecule is C=Nc1nc(C2CCN(C3CCN(C4C(=O)CCc5cc(C#N)ccc54)CC3)[C@@H](CC)C2)c(=O)[nH]c1C(=O)OC. The Hall–Kier alpha value is -3.68. The van der Waals surface area contributed by atoms with Crippen LogP contribution in [0.2, 0.25) is 0 Å². The maximum absolute atomic E-state index is 13.0. The van der Waals surface area contributed by atoms with E-state index < -0.39 is 5.97 Å². The number of ether oxygens (including phenoxy) is 1. The summed E-state index contributed by atoms with van der Waals surface area (Å²) in [5.74, 6) is -0.373. The van der Waals surface area contributed by atoms with Crippen LogP contribution >= 0.6 is 0 Å². The molecule has 10 nitrogen and oxygen atoms in total. The largest absolute Gasteiger partial charge is 0.464 e. The predicted octanol–water partition coefficient (Wildman–Crippen LogP) is 3.44. The minimum atomic E-state index is -0.698. The number of H-pyrrole nitrogens is 1. The third kappa shape index (κ3) is 5.23. The molecule has 2 aromatic rings. The van der Waals surface area contributed by atoms with Crippen LogP contribution in [-0.2, 0) is 16.0 Å². The molecule has 0 spiro atoms. The Morgan fingerprint density at radius 3 is 2.67 bits per heavy atom. The van der Waals surface area contributed by atoms with Crippen molar-refractivity contribution in [2.45, 2.75) is 75.9 Å². The van der Waals surface area contributed by atoms with E-state index in [0.717, 1.165) is 62.9 Å². The van der Waals surface area contributed by atoms with Gasteiger partial charge in [-0.25, -0.2) is 14.8 Å². The molecule has 1 aromatic carbocycles. The van der Waals surface area contributed by atoms with Gasteiger partial charge in [-0.1, -0.05) is 13.0 Å². The number of nitriles is 1. The number of aliphatic imine (C=N–C) groups is 1. The topological polar surface area (TPSA) is 132 Å². The first-order valence-corrected chi connectivity index (χ1v) is 14.1. The van der Waals surface area contributed by atoms with Gasteiger partial charge in [0.05, 0.1) is 24.8 Å². The fourth-order valence-electron chi connectivity index (χ4n) is 6.89. The first-order chi connectivity index (χ1) is 19.4. The molecule has 10 heteroatoms. The fraction of sp³-hybridized carbons (Fsp3) is 0.533. The van der Waals surface area contributed by atoms with Crippen molar-refractivity contribution in [1.29, 1.82) is 5.26 Å². The summed E-state index contributed by atoms with van der Waals surface area (Å²) in [6.07, 6.45) is 5.73. The molecule has 1 aliphatic carbocycles. The van der Waals surface area contributed by atoms with Crippen LogP contribution in [0.5, 0.6) is 0 Å². The number of carbonyl (C=O) groups is 2. The first-order valence-electron chi connectivity index (χ1n) is 14.1. The number of piperidine rings is 2. The van der Waals surface area contributed by atoms with Crippen LogP contribution in [0.15, 0.2) is 28.0 Å². The molecule has 1 aromatic heterocycles. The van der Waals surface area contributed by atoms with Crippen molar-refractivity contribution in [1.82, 2.24) is 19.8 Å². The number of benzene rings is 1. The molecule has 0 bridgehead atoms. The van der Waals surface area contributed by atoms with E-state index in [0.29, 0.717) is 36.2 Å². The van der Waals surface area contributed by atoms with E-state index in [1.54, 1.807) is 0 Å². The smallest absolute Gasteiger partial charge is 0.358 e. The second kappa shape index (κ2) is 11.8. The highest BCUT2D eigenvalue weighted by Gasteiger charge is 2.39. The lowest BCUT2D eigenvalue weighted by Crippen LogP contribution is -2.53. The second-order valence-electron chi connectivity index (χ2n) is 11.0. The second-order valence-corrected chi connectivity index (χ2v) is 11.0. The van der Waals surface area contributed by atoms with E-state index in [1.165, 1.54) is 7.11 Å². The number of rotatable bonds is 6. The van der Waals surface area contributed by atoms with Gasteiger partial charge in [0.2, 0.25) is 0 Å². The summed E-state index contributed by atoms with van der Waals surface area (Å²) in [5.41, 5.74) is 2.77. The van der Waals surface area contributed by atoms with Crippen molar-refractivity contribution in [3.8, 4) is 6.07 Å². The Balaban J connectivity index is 1.26. The number of nitrogens with one attached hydrogen (secondary N) is 1. The molecule has 2 aliphatic heterocycles. The van der Waals surface area contributed by atoms with Crippen molar-refractivity contribution in [2.75, 3.05) is 26.7 Å². The summed E-state index contributed by atoms with van der Waals surface area (Å²) < 4.78 is 4.74. The van der Waals surface area contributed by atoms with Crippen LogP contribution in [-0.4, -0.2) is 77.1 Å². The monoisotopic (exact) mass is 544 g/mol. The predicted molar refractivity (Wildman–Crippen MR) is 150 cm³/mol. The van der Waals surface area contributed by atoms with Gasteiger partial charge in [-0.2, -0.15) is 5.26 Å². The maximum Gasteiger partial charge on any atom is 0.358 e. The lowest BCUT2D eigenvalue weighted by atomic mass is 9.83. The number of esters is 1. The van der Waals surface area contributed by atoms with Crippen LogP contribution in [0.1, 0.15) is 90.3 Å². The summed E-state index contributed by atoms with van der Waals surface area (Å²) in [6.45, 7) is 8.23. The minimum absolute atomic E-state index is 0.0353. The Morgan fingerprint density at radius 1 is 1.23 bits per heavy atom. The van der Waals surface area contributed by atoms with Gasteiger partial charge in [-0.15, -0.1) is 0 Å². The number of nitrogens with zero attached hydrogens (tertiary/aromatic N) is 5. The number of carbonyl (C=O) groups excluding carboxylic acids is 2. The molecule has 210 valence electrons. The molecule has 1 N–H and O–H groups in total.